The van der Waals surface area contributed by atoms with E-state index < -0.39 is 0 Å². The number of nitrogens with one attached hydrogen (secondary N) is 1. The van der Waals surface area contributed by atoms with Gasteiger partial charge in [0.25, 0.3) is 0 Å². The summed E-state index contributed by atoms with van der Waals surface area (Å²) in [7, 11) is 0. The molecule has 2 heterocycles. The lowest BCUT2D eigenvalue weighted by Crippen LogP contribution is -2.26. The fourth-order valence-electron chi connectivity index (χ4n) is 3.52. The maximum atomic E-state index is 12.3. The van der Waals surface area contributed by atoms with Gasteiger partial charge in [0.1, 0.15) is 5.01 Å². The number of amides is 1. The number of carbonyl (C=O) groups excluding carboxylic acids is 1. The Bertz CT molecular complexity index is 901. The van der Waals surface area contributed by atoms with Gasteiger partial charge in [0, 0.05) is 18.8 Å². The molecule has 0 atom stereocenters. The Hall–Kier alpha value is -1.89. The molecular weight excluding hydrogens is 386 g/mol. The maximum absolute atomic E-state index is 12.3. The Morgan fingerprint density at radius 1 is 1.07 bits per heavy atom. The Balaban J connectivity index is 1.24. The van der Waals surface area contributed by atoms with E-state index in [1.165, 1.54) is 41.8 Å². The summed E-state index contributed by atoms with van der Waals surface area (Å²) in [5, 5.41) is 4.16. The van der Waals surface area contributed by atoms with Crippen LogP contribution in [0.15, 0.2) is 48.5 Å². The van der Waals surface area contributed by atoms with E-state index in [1.807, 2.05) is 18.2 Å². The third-order valence-electron chi connectivity index (χ3n) is 4.98. The normalized spacial score (nSPS) is 14.6. The fraction of sp³-hybridized carbons (Fsp3) is 0.364. The van der Waals surface area contributed by atoms with Crippen LogP contribution in [-0.4, -0.2) is 34.6 Å². The first-order valence-corrected chi connectivity index (χ1v) is 11.7. The average molecular weight is 412 g/mol. The highest BCUT2D eigenvalue weighted by Gasteiger charge is 2.14. The van der Waals surface area contributed by atoms with E-state index >= 15 is 0 Å². The first-order chi connectivity index (χ1) is 13.8. The number of rotatable bonds is 8. The molecule has 1 N–H and O–H groups in total. The molecule has 1 saturated heterocycles. The van der Waals surface area contributed by atoms with Crippen molar-refractivity contribution >= 4 is 39.2 Å². The van der Waals surface area contributed by atoms with E-state index in [4.69, 9.17) is 0 Å². The molecule has 0 radical (unpaired) electrons. The summed E-state index contributed by atoms with van der Waals surface area (Å²) in [6, 6.07) is 16.6. The lowest BCUT2D eigenvalue weighted by molar-refractivity contribution is -0.118. The van der Waals surface area contributed by atoms with Crippen LogP contribution in [0.1, 0.15) is 29.0 Å². The van der Waals surface area contributed by atoms with Crippen LogP contribution in [0.2, 0.25) is 0 Å². The zero-order valence-electron chi connectivity index (χ0n) is 15.9. The predicted molar refractivity (Wildman–Crippen MR) is 119 cm³/mol. The quantitative estimate of drug-likeness (QED) is 0.595. The van der Waals surface area contributed by atoms with Crippen LogP contribution >= 0.6 is 23.1 Å². The van der Waals surface area contributed by atoms with Crippen molar-refractivity contribution in [1.82, 2.24) is 15.2 Å². The van der Waals surface area contributed by atoms with Crippen molar-refractivity contribution in [3.05, 3.63) is 64.7 Å². The van der Waals surface area contributed by atoms with Gasteiger partial charge in [0.05, 0.1) is 16.0 Å². The predicted octanol–water partition coefficient (Wildman–Crippen LogP) is 4.44. The highest BCUT2D eigenvalue weighted by molar-refractivity contribution is 7.99. The van der Waals surface area contributed by atoms with Crippen molar-refractivity contribution < 1.29 is 4.79 Å². The van der Waals surface area contributed by atoms with E-state index in [0.717, 1.165) is 22.8 Å². The minimum atomic E-state index is 0.0853. The van der Waals surface area contributed by atoms with Crippen molar-refractivity contribution in [3.63, 3.8) is 0 Å². The second-order valence-corrected chi connectivity index (χ2v) is 9.20. The molecule has 146 valence electrons. The molecule has 0 aliphatic carbocycles. The van der Waals surface area contributed by atoms with E-state index in [2.05, 4.69) is 45.5 Å². The smallest absolute Gasteiger partial charge is 0.230 e. The van der Waals surface area contributed by atoms with Crippen molar-refractivity contribution in [2.24, 2.45) is 0 Å². The number of thioether (sulfide) groups is 1. The highest BCUT2D eigenvalue weighted by Crippen LogP contribution is 2.24. The number of nitrogens with zero attached hydrogens (tertiary/aromatic N) is 2. The maximum Gasteiger partial charge on any atom is 0.230 e. The topological polar surface area (TPSA) is 45.2 Å². The van der Waals surface area contributed by atoms with Crippen molar-refractivity contribution in [1.29, 1.82) is 0 Å². The molecule has 6 heteroatoms. The minimum absolute atomic E-state index is 0.0853. The van der Waals surface area contributed by atoms with Crippen LogP contribution in [0.3, 0.4) is 0 Å². The lowest BCUT2D eigenvalue weighted by Gasteiger charge is -2.17. The number of benzene rings is 2. The monoisotopic (exact) mass is 411 g/mol. The molecular formula is C22H25N3OS2. The second kappa shape index (κ2) is 9.54. The first kappa shape index (κ1) is 19.4. The number of likely N-dealkylation sites (tertiary alicyclic amines) is 1. The van der Waals surface area contributed by atoms with Crippen molar-refractivity contribution in [2.75, 3.05) is 18.8 Å². The Labute approximate surface area is 174 Å². The molecule has 1 aliphatic rings. The molecule has 1 aromatic heterocycles. The number of hydrogen-bond donors (Lipinski definition) is 1. The summed E-state index contributed by atoms with van der Waals surface area (Å²) in [4.78, 5) is 19.4. The van der Waals surface area contributed by atoms with Gasteiger partial charge in [0.15, 0.2) is 0 Å². The molecule has 0 saturated carbocycles. The molecule has 0 bridgehead atoms. The van der Waals surface area contributed by atoms with Crippen molar-refractivity contribution in [2.45, 2.75) is 31.7 Å². The lowest BCUT2D eigenvalue weighted by atomic mass is 10.1. The summed E-state index contributed by atoms with van der Waals surface area (Å²) in [6.07, 6.45) is 2.59. The van der Waals surface area contributed by atoms with E-state index in [9.17, 15) is 4.79 Å². The SMILES string of the molecule is O=C(CSCc1nc2ccccc2s1)NCc1ccccc1CN1CCCC1. The summed E-state index contributed by atoms with van der Waals surface area (Å²) < 4.78 is 1.21. The minimum Gasteiger partial charge on any atom is -0.351 e. The Kier molecular flexibility index (Phi) is 6.62. The largest absolute Gasteiger partial charge is 0.351 e. The molecule has 4 nitrogen and oxygen atoms in total. The van der Waals surface area contributed by atoms with Crippen LogP contribution in [-0.2, 0) is 23.6 Å². The first-order valence-electron chi connectivity index (χ1n) is 9.76. The van der Waals surface area contributed by atoms with Gasteiger partial charge >= 0.3 is 0 Å². The number of aromatic nitrogens is 1. The summed E-state index contributed by atoms with van der Waals surface area (Å²) in [5.74, 6) is 1.32. The van der Waals surface area contributed by atoms with Crippen LogP contribution in [0.4, 0.5) is 0 Å². The Morgan fingerprint density at radius 3 is 2.64 bits per heavy atom. The van der Waals surface area contributed by atoms with Gasteiger partial charge in [0.2, 0.25) is 5.91 Å². The summed E-state index contributed by atoms with van der Waals surface area (Å²) in [6.45, 7) is 3.95. The summed E-state index contributed by atoms with van der Waals surface area (Å²) >= 11 is 3.33. The van der Waals surface area contributed by atoms with Gasteiger partial charge in [-0.15, -0.1) is 23.1 Å². The molecule has 0 unspecified atom stereocenters. The van der Waals surface area contributed by atoms with Crippen LogP contribution in [0.25, 0.3) is 10.2 Å². The van der Waals surface area contributed by atoms with E-state index in [0.29, 0.717) is 12.3 Å². The number of hydrogen-bond acceptors (Lipinski definition) is 5. The molecule has 0 spiro atoms. The standard InChI is InChI=1S/C22H25N3OS2/c26-21(15-27-16-22-24-19-9-3-4-10-20(19)28-22)23-13-17-7-1-2-8-18(17)14-25-11-5-6-12-25/h1-4,7-10H,5-6,11-16H2,(H,23,26). The van der Waals surface area contributed by atoms with Gasteiger partial charge in [-0.3, -0.25) is 9.69 Å². The average Bonchev–Trinajstić information content (AvgIpc) is 3.36. The van der Waals surface area contributed by atoms with Crippen molar-refractivity contribution in [3.8, 4) is 0 Å². The van der Waals surface area contributed by atoms with E-state index in [-0.39, 0.29) is 5.91 Å². The molecule has 4 rings (SSSR count). The van der Waals surface area contributed by atoms with Gasteiger partial charge < -0.3 is 5.32 Å². The van der Waals surface area contributed by atoms with Gasteiger partial charge in [-0.1, -0.05) is 36.4 Å². The number of para-hydroxylation sites is 1. The Morgan fingerprint density at radius 2 is 1.82 bits per heavy atom. The number of thiazole rings is 1. The third kappa shape index (κ3) is 5.13. The zero-order chi connectivity index (χ0) is 19.2. The zero-order valence-corrected chi connectivity index (χ0v) is 17.5. The van der Waals surface area contributed by atoms with E-state index in [1.54, 1.807) is 23.1 Å². The molecule has 1 fully saturated rings. The number of fused-ring (bicyclic) bond motifs is 1. The van der Waals surface area contributed by atoms with Gasteiger partial charge in [-0.25, -0.2) is 4.98 Å². The van der Waals surface area contributed by atoms with Crippen LogP contribution in [0.5, 0.6) is 0 Å². The van der Waals surface area contributed by atoms with Gasteiger partial charge in [-0.2, -0.15) is 0 Å². The molecule has 1 amide bonds. The second-order valence-electron chi connectivity index (χ2n) is 7.10. The molecule has 3 aromatic rings. The molecule has 28 heavy (non-hydrogen) atoms. The van der Waals surface area contributed by atoms with Gasteiger partial charge in [-0.05, 0) is 49.2 Å². The van der Waals surface area contributed by atoms with Crippen LogP contribution in [0, 0.1) is 0 Å². The molecule has 1 aliphatic heterocycles. The number of carbonyl (C=O) groups is 1. The highest BCUT2D eigenvalue weighted by atomic mass is 32.2. The summed E-state index contributed by atoms with van der Waals surface area (Å²) in [5.41, 5.74) is 3.59. The fourth-order valence-corrected chi connectivity index (χ4v) is 5.40. The van der Waals surface area contributed by atoms with Crippen LogP contribution < -0.4 is 5.32 Å². The molecule has 2 aromatic carbocycles. The third-order valence-corrected chi connectivity index (χ3v) is 7.15.